The highest BCUT2D eigenvalue weighted by Gasteiger charge is 2.14. The van der Waals surface area contributed by atoms with Crippen molar-refractivity contribution in [3.63, 3.8) is 0 Å². The number of nitrogens with zero attached hydrogens (tertiary/aromatic N) is 1. The number of pyridine rings is 1. The van der Waals surface area contributed by atoms with Crippen molar-refractivity contribution in [3.05, 3.63) is 63.1 Å². The van der Waals surface area contributed by atoms with Crippen molar-refractivity contribution >= 4 is 29.1 Å². The minimum atomic E-state index is -0.352. The van der Waals surface area contributed by atoms with E-state index in [9.17, 15) is 9.18 Å². The third-order valence-electron chi connectivity index (χ3n) is 3.07. The molecule has 1 aromatic heterocycles. The van der Waals surface area contributed by atoms with Gasteiger partial charge in [-0.1, -0.05) is 35.3 Å². The van der Waals surface area contributed by atoms with Gasteiger partial charge in [0, 0.05) is 5.56 Å². The van der Waals surface area contributed by atoms with Crippen molar-refractivity contribution in [1.29, 1.82) is 0 Å². The molecule has 1 N–H and O–H groups in total. The van der Waals surface area contributed by atoms with Crippen molar-refractivity contribution < 1.29 is 9.18 Å². The largest absolute Gasteiger partial charge is 0.346 e. The molecular formula is C15H13Cl2FN2O. The Morgan fingerprint density at radius 3 is 2.43 bits per heavy atom. The first kappa shape index (κ1) is 15.7. The summed E-state index contributed by atoms with van der Waals surface area (Å²) < 4.78 is 13.5. The fraction of sp³-hybridized carbons (Fsp3) is 0.200. The molecule has 2 aromatic rings. The summed E-state index contributed by atoms with van der Waals surface area (Å²) in [6.45, 7) is 3.45. The van der Waals surface area contributed by atoms with Crippen LogP contribution < -0.4 is 5.32 Å². The Morgan fingerprint density at radius 1 is 1.24 bits per heavy atom. The lowest BCUT2D eigenvalue weighted by Gasteiger charge is -2.15. The Hall–Kier alpha value is -1.65. The van der Waals surface area contributed by atoms with Crippen LogP contribution >= 0.6 is 23.2 Å². The van der Waals surface area contributed by atoms with Gasteiger partial charge in [0.1, 0.15) is 16.1 Å². The Kier molecular flexibility index (Phi) is 4.80. The van der Waals surface area contributed by atoms with E-state index in [1.807, 2.05) is 0 Å². The molecule has 1 amide bonds. The number of aromatic nitrogens is 1. The molecule has 0 saturated carbocycles. The average Bonchev–Trinajstić information content (AvgIpc) is 2.40. The average molecular weight is 327 g/mol. The number of hydrogen-bond donors (Lipinski definition) is 1. The van der Waals surface area contributed by atoms with Gasteiger partial charge in [-0.15, -0.1) is 0 Å². The highest BCUT2D eigenvalue weighted by Crippen LogP contribution is 2.18. The van der Waals surface area contributed by atoms with Crippen LogP contribution in [0.2, 0.25) is 10.3 Å². The first-order valence-corrected chi connectivity index (χ1v) is 7.02. The van der Waals surface area contributed by atoms with Gasteiger partial charge in [-0.3, -0.25) is 4.79 Å². The van der Waals surface area contributed by atoms with Crippen molar-refractivity contribution in [1.82, 2.24) is 10.3 Å². The van der Waals surface area contributed by atoms with E-state index in [1.54, 1.807) is 26.0 Å². The first-order valence-electron chi connectivity index (χ1n) is 6.27. The van der Waals surface area contributed by atoms with Crippen molar-refractivity contribution in [3.8, 4) is 0 Å². The zero-order chi connectivity index (χ0) is 15.6. The Balaban J connectivity index is 2.16. The van der Waals surface area contributed by atoms with Gasteiger partial charge in [-0.05, 0) is 43.2 Å². The van der Waals surface area contributed by atoms with Gasteiger partial charge < -0.3 is 5.32 Å². The summed E-state index contributed by atoms with van der Waals surface area (Å²) in [5.41, 5.74) is 1.54. The standard InChI is InChI=1S/C15H13Cl2FN2O/c1-8-3-4-10(5-12(8)18)9(2)19-15(21)11-6-13(16)20-14(17)7-11/h3-7,9H,1-2H3,(H,19,21). The number of aryl methyl sites for hydroxylation is 1. The number of carbonyl (C=O) groups is 1. The smallest absolute Gasteiger partial charge is 0.251 e. The van der Waals surface area contributed by atoms with E-state index < -0.39 is 0 Å². The molecule has 1 aromatic carbocycles. The molecule has 1 unspecified atom stereocenters. The number of carbonyl (C=O) groups excluding carboxylic acids is 1. The van der Waals surface area contributed by atoms with Gasteiger partial charge in [0.25, 0.3) is 5.91 Å². The van der Waals surface area contributed by atoms with Crippen LogP contribution in [0.15, 0.2) is 30.3 Å². The maximum Gasteiger partial charge on any atom is 0.251 e. The lowest BCUT2D eigenvalue weighted by molar-refractivity contribution is 0.0939. The number of halogens is 3. The second-order valence-corrected chi connectivity index (χ2v) is 5.48. The summed E-state index contributed by atoms with van der Waals surface area (Å²) in [5.74, 6) is -0.654. The number of benzene rings is 1. The van der Waals surface area contributed by atoms with Crippen LogP contribution in [0.4, 0.5) is 4.39 Å². The second-order valence-electron chi connectivity index (χ2n) is 4.71. The zero-order valence-electron chi connectivity index (χ0n) is 11.5. The normalized spacial score (nSPS) is 12.0. The quantitative estimate of drug-likeness (QED) is 0.853. The van der Waals surface area contributed by atoms with Gasteiger partial charge in [-0.25, -0.2) is 9.37 Å². The van der Waals surface area contributed by atoms with E-state index in [2.05, 4.69) is 10.3 Å². The SMILES string of the molecule is Cc1ccc(C(C)NC(=O)c2cc(Cl)nc(Cl)c2)cc1F. The van der Waals surface area contributed by atoms with E-state index in [4.69, 9.17) is 23.2 Å². The van der Waals surface area contributed by atoms with Crippen LogP contribution in [0.3, 0.4) is 0 Å². The molecule has 0 aliphatic carbocycles. The Morgan fingerprint density at radius 2 is 1.86 bits per heavy atom. The number of nitrogens with one attached hydrogen (secondary N) is 1. The monoisotopic (exact) mass is 326 g/mol. The predicted molar refractivity (Wildman–Crippen MR) is 81.3 cm³/mol. The predicted octanol–water partition coefficient (Wildman–Crippen LogP) is 4.33. The molecule has 2 rings (SSSR count). The number of amides is 1. The van der Waals surface area contributed by atoms with Crippen LogP contribution in [-0.2, 0) is 0 Å². The van der Waals surface area contributed by atoms with E-state index in [0.717, 1.165) is 0 Å². The van der Waals surface area contributed by atoms with Gasteiger partial charge in [-0.2, -0.15) is 0 Å². The summed E-state index contributed by atoms with van der Waals surface area (Å²) in [7, 11) is 0. The maximum atomic E-state index is 13.5. The molecule has 1 heterocycles. The van der Waals surface area contributed by atoms with Crippen LogP contribution in [0.1, 0.15) is 34.5 Å². The van der Waals surface area contributed by atoms with E-state index in [0.29, 0.717) is 16.7 Å². The Bertz CT molecular complexity index is 671. The van der Waals surface area contributed by atoms with Crippen molar-refractivity contribution in [2.45, 2.75) is 19.9 Å². The number of rotatable bonds is 3. The summed E-state index contributed by atoms with van der Waals surface area (Å²) in [4.78, 5) is 15.9. The van der Waals surface area contributed by atoms with Gasteiger partial charge >= 0.3 is 0 Å². The third-order valence-corrected chi connectivity index (χ3v) is 3.46. The molecule has 0 bridgehead atoms. The molecule has 110 valence electrons. The van der Waals surface area contributed by atoms with Crippen LogP contribution in [0.25, 0.3) is 0 Å². The van der Waals surface area contributed by atoms with E-state index in [1.165, 1.54) is 18.2 Å². The van der Waals surface area contributed by atoms with Crippen molar-refractivity contribution in [2.75, 3.05) is 0 Å². The zero-order valence-corrected chi connectivity index (χ0v) is 13.0. The highest BCUT2D eigenvalue weighted by molar-refractivity contribution is 6.33. The third kappa shape index (κ3) is 3.93. The molecule has 1 atom stereocenters. The molecule has 6 heteroatoms. The molecule has 0 saturated heterocycles. The molecule has 0 aliphatic heterocycles. The fourth-order valence-corrected chi connectivity index (χ4v) is 2.30. The van der Waals surface area contributed by atoms with Crippen LogP contribution in [0, 0.1) is 12.7 Å². The van der Waals surface area contributed by atoms with E-state index >= 15 is 0 Å². The molecule has 0 aliphatic rings. The summed E-state index contributed by atoms with van der Waals surface area (Å²) >= 11 is 11.5. The minimum absolute atomic E-state index is 0.140. The molecule has 0 spiro atoms. The van der Waals surface area contributed by atoms with Crippen LogP contribution in [0.5, 0.6) is 0 Å². The lowest BCUT2D eigenvalue weighted by Crippen LogP contribution is -2.26. The van der Waals surface area contributed by atoms with E-state index in [-0.39, 0.29) is 28.1 Å². The molecule has 21 heavy (non-hydrogen) atoms. The molecule has 3 nitrogen and oxygen atoms in total. The lowest BCUT2D eigenvalue weighted by atomic mass is 10.1. The molecule has 0 fully saturated rings. The highest BCUT2D eigenvalue weighted by atomic mass is 35.5. The molecular weight excluding hydrogens is 314 g/mol. The summed E-state index contributed by atoms with van der Waals surface area (Å²) in [6.07, 6.45) is 0. The summed E-state index contributed by atoms with van der Waals surface area (Å²) in [6, 6.07) is 7.35. The minimum Gasteiger partial charge on any atom is -0.346 e. The Labute approximate surface area is 132 Å². The fourth-order valence-electron chi connectivity index (χ4n) is 1.84. The number of hydrogen-bond acceptors (Lipinski definition) is 2. The topological polar surface area (TPSA) is 42.0 Å². The summed E-state index contributed by atoms with van der Waals surface area (Å²) in [5, 5.41) is 3.04. The maximum absolute atomic E-state index is 13.5. The van der Waals surface area contributed by atoms with Gasteiger partial charge in [0.2, 0.25) is 0 Å². The second kappa shape index (κ2) is 6.41. The van der Waals surface area contributed by atoms with Crippen molar-refractivity contribution in [2.24, 2.45) is 0 Å². The van der Waals surface area contributed by atoms with Gasteiger partial charge in [0.15, 0.2) is 0 Å². The molecule has 0 radical (unpaired) electrons. The van der Waals surface area contributed by atoms with Gasteiger partial charge in [0.05, 0.1) is 6.04 Å². The van der Waals surface area contributed by atoms with Crippen LogP contribution in [-0.4, -0.2) is 10.9 Å². The first-order chi connectivity index (χ1) is 9.86.